The van der Waals surface area contributed by atoms with Crippen LogP contribution in [0.1, 0.15) is 0 Å². The van der Waals surface area contributed by atoms with Gasteiger partial charge in [0.2, 0.25) is 0 Å². The summed E-state index contributed by atoms with van der Waals surface area (Å²) in [5.74, 6) is 1.99. The Morgan fingerprint density at radius 2 is 1.06 bits per heavy atom. The van der Waals surface area contributed by atoms with Crippen molar-refractivity contribution in [2.45, 2.75) is 0 Å². The Kier molecular flexibility index (Phi) is 6.39. The van der Waals surface area contributed by atoms with Crippen LogP contribution in [-0.4, -0.2) is 19.5 Å². The van der Waals surface area contributed by atoms with Crippen molar-refractivity contribution in [3.63, 3.8) is 0 Å². The van der Waals surface area contributed by atoms with Crippen molar-refractivity contribution in [2.75, 3.05) is 0 Å². The van der Waals surface area contributed by atoms with Crippen LogP contribution in [-0.2, 0) is 0 Å². The summed E-state index contributed by atoms with van der Waals surface area (Å²) in [6, 6.07) is 60.4. The standard InChI is InChI=1S/C47H28N4S/c1-2-12-30(13-3-1)45-48-46(50-47(49-45)38-19-10-16-29-11-6-7-17-35(29)38)33-21-24-43-40(26-33)37-23-22-34(28-44(37)52-43)51-41-20-9-8-18-36(41)39-25-31-14-4-5-15-32(31)27-42(39)51/h1-28H. The molecule has 0 radical (unpaired) electrons. The number of rotatable bonds is 4. The Bertz CT molecular complexity index is 3190. The van der Waals surface area contributed by atoms with Crippen LogP contribution in [0.15, 0.2) is 170 Å². The average molecular weight is 681 g/mol. The molecule has 0 spiro atoms. The molecule has 0 unspecified atom stereocenters. The van der Waals surface area contributed by atoms with E-state index in [4.69, 9.17) is 15.0 Å². The number of hydrogen-bond acceptors (Lipinski definition) is 4. The Morgan fingerprint density at radius 3 is 1.92 bits per heavy atom. The Hall–Kier alpha value is -6.69. The fourth-order valence-electron chi connectivity index (χ4n) is 7.74. The van der Waals surface area contributed by atoms with Gasteiger partial charge in [0.25, 0.3) is 0 Å². The second-order valence-corrected chi connectivity index (χ2v) is 14.3. The highest BCUT2D eigenvalue weighted by Gasteiger charge is 2.17. The predicted molar refractivity (Wildman–Crippen MR) is 218 cm³/mol. The first-order valence-electron chi connectivity index (χ1n) is 17.4. The first kappa shape index (κ1) is 29.1. The van der Waals surface area contributed by atoms with E-state index < -0.39 is 0 Å². The largest absolute Gasteiger partial charge is 0.309 e. The number of hydrogen-bond donors (Lipinski definition) is 0. The minimum atomic E-state index is 0.659. The molecule has 3 heterocycles. The Morgan fingerprint density at radius 1 is 0.365 bits per heavy atom. The van der Waals surface area contributed by atoms with Gasteiger partial charge in [-0.15, -0.1) is 11.3 Å². The molecule has 0 amide bonds. The van der Waals surface area contributed by atoms with Gasteiger partial charge < -0.3 is 4.57 Å². The lowest BCUT2D eigenvalue weighted by atomic mass is 10.0. The maximum Gasteiger partial charge on any atom is 0.164 e. The van der Waals surface area contributed by atoms with Crippen LogP contribution in [0, 0.1) is 0 Å². The maximum absolute atomic E-state index is 5.13. The first-order chi connectivity index (χ1) is 25.7. The van der Waals surface area contributed by atoms with Crippen molar-refractivity contribution in [1.29, 1.82) is 0 Å². The third-order valence-corrected chi connectivity index (χ3v) is 11.3. The molecule has 0 aliphatic heterocycles. The quantitative estimate of drug-likeness (QED) is 0.186. The fourth-order valence-corrected chi connectivity index (χ4v) is 8.86. The van der Waals surface area contributed by atoms with Crippen LogP contribution in [0.4, 0.5) is 0 Å². The molecule has 0 N–H and O–H groups in total. The van der Waals surface area contributed by atoms with E-state index in [9.17, 15) is 0 Å². The van der Waals surface area contributed by atoms with E-state index >= 15 is 0 Å². The molecule has 0 saturated heterocycles. The van der Waals surface area contributed by atoms with E-state index in [0.29, 0.717) is 17.5 Å². The average Bonchev–Trinajstić information content (AvgIpc) is 3.74. The smallest absolute Gasteiger partial charge is 0.164 e. The molecule has 0 aliphatic carbocycles. The van der Waals surface area contributed by atoms with Crippen LogP contribution in [0.25, 0.3) is 103 Å². The third kappa shape index (κ3) is 4.57. The lowest BCUT2D eigenvalue weighted by Crippen LogP contribution is -2.00. The van der Waals surface area contributed by atoms with Gasteiger partial charge >= 0.3 is 0 Å². The number of fused-ring (bicyclic) bond motifs is 8. The summed E-state index contributed by atoms with van der Waals surface area (Å²) in [7, 11) is 0. The summed E-state index contributed by atoms with van der Waals surface area (Å²) in [5.41, 5.74) is 6.50. The van der Waals surface area contributed by atoms with Crippen LogP contribution < -0.4 is 0 Å². The summed E-state index contributed by atoms with van der Waals surface area (Å²) in [4.78, 5) is 15.2. The second-order valence-electron chi connectivity index (χ2n) is 13.3. The minimum Gasteiger partial charge on any atom is -0.309 e. The number of benzene rings is 8. The molecule has 0 saturated carbocycles. The molecular formula is C47H28N4S. The first-order valence-corrected chi connectivity index (χ1v) is 18.3. The van der Waals surface area contributed by atoms with Gasteiger partial charge in [-0.2, -0.15) is 0 Å². The SMILES string of the molecule is c1ccc(-c2nc(-c3ccc4sc5cc(-n6c7ccccc7c7cc8ccccc8cc76)ccc5c4c3)nc(-c3cccc4ccccc34)n2)cc1. The zero-order chi connectivity index (χ0) is 34.2. The lowest BCUT2D eigenvalue weighted by Gasteiger charge is -2.10. The van der Waals surface area contributed by atoms with E-state index in [1.54, 1.807) is 0 Å². The van der Waals surface area contributed by atoms with E-state index in [0.717, 1.165) is 33.2 Å². The highest BCUT2D eigenvalue weighted by molar-refractivity contribution is 7.25. The van der Waals surface area contributed by atoms with Crippen LogP contribution >= 0.6 is 11.3 Å². The predicted octanol–water partition coefficient (Wildman–Crippen LogP) is 12.6. The van der Waals surface area contributed by atoms with Gasteiger partial charge in [0.05, 0.1) is 11.0 Å². The van der Waals surface area contributed by atoms with Gasteiger partial charge in [-0.05, 0) is 70.1 Å². The van der Waals surface area contributed by atoms with Gasteiger partial charge in [0.15, 0.2) is 17.5 Å². The van der Waals surface area contributed by atoms with Gasteiger partial charge in [0.1, 0.15) is 0 Å². The maximum atomic E-state index is 5.13. The van der Waals surface area contributed by atoms with Crippen molar-refractivity contribution >= 4 is 74.9 Å². The summed E-state index contributed by atoms with van der Waals surface area (Å²) < 4.78 is 4.89. The normalized spacial score (nSPS) is 11.8. The van der Waals surface area contributed by atoms with Gasteiger partial charge in [-0.25, -0.2) is 15.0 Å². The van der Waals surface area contributed by atoms with E-state index in [-0.39, 0.29) is 0 Å². The Balaban J connectivity index is 1.08. The van der Waals surface area contributed by atoms with Crippen molar-refractivity contribution in [3.05, 3.63) is 170 Å². The van der Waals surface area contributed by atoms with Crippen molar-refractivity contribution in [3.8, 4) is 39.9 Å². The van der Waals surface area contributed by atoms with E-state index in [2.05, 4.69) is 156 Å². The molecule has 0 aliphatic rings. The van der Waals surface area contributed by atoms with E-state index in [1.165, 1.54) is 52.8 Å². The van der Waals surface area contributed by atoms with Crippen LogP contribution in [0.5, 0.6) is 0 Å². The van der Waals surface area contributed by atoms with Gasteiger partial charge in [-0.1, -0.05) is 121 Å². The van der Waals surface area contributed by atoms with Gasteiger partial charge in [-0.3, -0.25) is 0 Å². The lowest BCUT2D eigenvalue weighted by molar-refractivity contribution is 1.08. The molecule has 8 aromatic carbocycles. The number of nitrogens with zero attached hydrogens (tertiary/aromatic N) is 4. The molecule has 3 aromatic heterocycles. The third-order valence-electron chi connectivity index (χ3n) is 10.2. The molecule has 0 fully saturated rings. The summed E-state index contributed by atoms with van der Waals surface area (Å²) in [6.07, 6.45) is 0. The molecule has 0 bridgehead atoms. The van der Waals surface area contributed by atoms with Crippen molar-refractivity contribution < 1.29 is 0 Å². The zero-order valence-corrected chi connectivity index (χ0v) is 28.7. The Labute approximate surface area is 302 Å². The second kappa shape index (κ2) is 11.4. The molecular weight excluding hydrogens is 653 g/mol. The monoisotopic (exact) mass is 680 g/mol. The number of thiophene rings is 1. The molecule has 4 nitrogen and oxygen atoms in total. The highest BCUT2D eigenvalue weighted by atomic mass is 32.1. The summed E-state index contributed by atoms with van der Waals surface area (Å²) in [5, 5.41) is 9.73. The minimum absolute atomic E-state index is 0.659. The summed E-state index contributed by atoms with van der Waals surface area (Å²) >= 11 is 1.83. The molecule has 11 rings (SSSR count). The molecule has 242 valence electrons. The number of aromatic nitrogens is 4. The molecule has 5 heteroatoms. The van der Waals surface area contributed by atoms with Crippen LogP contribution in [0.2, 0.25) is 0 Å². The van der Waals surface area contributed by atoms with Crippen LogP contribution in [0.3, 0.4) is 0 Å². The molecule has 52 heavy (non-hydrogen) atoms. The molecule has 0 atom stereocenters. The topological polar surface area (TPSA) is 43.6 Å². The summed E-state index contributed by atoms with van der Waals surface area (Å²) in [6.45, 7) is 0. The van der Waals surface area contributed by atoms with Crippen molar-refractivity contribution in [2.24, 2.45) is 0 Å². The fraction of sp³-hybridized carbons (Fsp3) is 0. The highest BCUT2D eigenvalue weighted by Crippen LogP contribution is 2.40. The molecule has 11 aromatic rings. The van der Waals surface area contributed by atoms with E-state index in [1.807, 2.05) is 29.5 Å². The number of para-hydroxylation sites is 1. The zero-order valence-electron chi connectivity index (χ0n) is 27.9. The van der Waals surface area contributed by atoms with Crippen molar-refractivity contribution in [1.82, 2.24) is 19.5 Å². The van der Waals surface area contributed by atoms with Gasteiger partial charge in [0, 0.05) is 53.3 Å².